The molecule has 2 aliphatic rings. The van der Waals surface area contributed by atoms with E-state index in [0.717, 1.165) is 41.8 Å². The third-order valence-corrected chi connectivity index (χ3v) is 6.64. The molecule has 0 radical (unpaired) electrons. The summed E-state index contributed by atoms with van der Waals surface area (Å²) in [6.07, 6.45) is 2.68. The molecule has 0 saturated heterocycles. The second-order valence-corrected chi connectivity index (χ2v) is 8.41. The Morgan fingerprint density at radius 3 is 2.52 bits per heavy atom. The first-order chi connectivity index (χ1) is 11.6. The average Bonchev–Trinajstić information content (AvgIpc) is 3.01. The third-order valence-electron chi connectivity index (χ3n) is 6.64. The lowest BCUT2D eigenvalue weighted by molar-refractivity contribution is -0.0628. The van der Waals surface area contributed by atoms with Crippen LogP contribution in [0.25, 0.3) is 11.1 Å². The van der Waals surface area contributed by atoms with E-state index in [1.807, 2.05) is 33.8 Å². The van der Waals surface area contributed by atoms with Crippen molar-refractivity contribution in [3.05, 3.63) is 29.2 Å². The summed E-state index contributed by atoms with van der Waals surface area (Å²) >= 11 is 0. The number of anilines is 1. The number of aromatic hydroxyl groups is 1. The normalized spacial score (nSPS) is 29.8. The molecule has 1 aromatic heterocycles. The van der Waals surface area contributed by atoms with Crippen LogP contribution in [0.4, 0.5) is 5.69 Å². The van der Waals surface area contributed by atoms with Crippen molar-refractivity contribution < 1.29 is 14.7 Å². The van der Waals surface area contributed by atoms with Gasteiger partial charge in [0.15, 0.2) is 0 Å². The van der Waals surface area contributed by atoms with Crippen molar-refractivity contribution in [3.63, 3.8) is 0 Å². The molecule has 1 aromatic carbocycles. The summed E-state index contributed by atoms with van der Waals surface area (Å²) in [5, 5.41) is 29.7. The minimum Gasteiger partial charge on any atom is -0.507 e. The molecule has 134 valence electrons. The predicted octanol–water partition coefficient (Wildman–Crippen LogP) is 4.04. The number of rotatable bonds is 1. The molecule has 3 N–H and O–H groups in total. The van der Waals surface area contributed by atoms with Gasteiger partial charge in [0, 0.05) is 22.7 Å². The molecule has 5 nitrogen and oxygen atoms in total. The molecular weight excluding hydrogens is 316 g/mol. The molecule has 1 saturated carbocycles. The van der Waals surface area contributed by atoms with Crippen LogP contribution in [0, 0.1) is 13.8 Å². The third kappa shape index (κ3) is 1.90. The Bertz CT molecular complexity index is 851. The highest BCUT2D eigenvalue weighted by molar-refractivity contribution is 5.79. The quantitative estimate of drug-likeness (QED) is 0.729. The molecule has 2 atom stereocenters. The van der Waals surface area contributed by atoms with E-state index in [4.69, 9.17) is 4.52 Å². The molecule has 4 rings (SSSR count). The summed E-state index contributed by atoms with van der Waals surface area (Å²) in [6.45, 7) is 9.95. The van der Waals surface area contributed by atoms with Crippen LogP contribution >= 0.6 is 0 Å². The lowest BCUT2D eigenvalue weighted by atomic mass is 9.60. The van der Waals surface area contributed by atoms with Crippen molar-refractivity contribution in [1.82, 2.24) is 5.16 Å². The summed E-state index contributed by atoms with van der Waals surface area (Å²) in [5.74, 6) is 0.882. The van der Waals surface area contributed by atoms with Crippen LogP contribution in [0.5, 0.6) is 5.75 Å². The first kappa shape index (κ1) is 16.5. The number of aliphatic hydroxyl groups is 1. The van der Waals surface area contributed by atoms with Crippen molar-refractivity contribution >= 4 is 5.69 Å². The number of hydrogen-bond acceptors (Lipinski definition) is 5. The van der Waals surface area contributed by atoms with Crippen molar-refractivity contribution in [2.75, 3.05) is 5.32 Å². The maximum atomic E-state index is 11.6. The van der Waals surface area contributed by atoms with E-state index in [0.29, 0.717) is 11.3 Å². The minimum atomic E-state index is -0.833. The monoisotopic (exact) mass is 342 g/mol. The molecule has 1 fully saturated rings. The van der Waals surface area contributed by atoms with Crippen LogP contribution in [0.15, 0.2) is 16.7 Å². The van der Waals surface area contributed by atoms with Gasteiger partial charge in [-0.2, -0.15) is 0 Å². The number of phenols is 1. The smallest absolute Gasteiger partial charge is 0.141 e. The van der Waals surface area contributed by atoms with Crippen LogP contribution in [-0.2, 0) is 5.41 Å². The molecule has 0 spiro atoms. The standard InChI is InChI=1S/C20H26N2O3/c1-11-17(12(2)25-22-11)13-9-14-15(10-16(13)23)21-18(3,4)20(24)8-6-7-19(14,20)5/h9-10,21,23-24H,6-8H2,1-5H3. The topological polar surface area (TPSA) is 78.5 Å². The lowest BCUT2D eigenvalue weighted by Crippen LogP contribution is -2.65. The summed E-state index contributed by atoms with van der Waals surface area (Å²) in [6, 6.07) is 3.79. The van der Waals surface area contributed by atoms with Gasteiger partial charge in [0.2, 0.25) is 0 Å². The van der Waals surface area contributed by atoms with Crippen molar-refractivity contribution in [2.45, 2.75) is 70.4 Å². The Morgan fingerprint density at radius 1 is 1.16 bits per heavy atom. The van der Waals surface area contributed by atoms with Gasteiger partial charge >= 0.3 is 0 Å². The molecule has 5 heteroatoms. The van der Waals surface area contributed by atoms with Crippen LogP contribution in [0.2, 0.25) is 0 Å². The number of nitrogens with zero attached hydrogens (tertiary/aromatic N) is 1. The van der Waals surface area contributed by atoms with E-state index in [1.54, 1.807) is 6.07 Å². The molecule has 2 unspecified atom stereocenters. The Balaban J connectivity index is 1.99. The zero-order valence-electron chi connectivity index (χ0n) is 15.5. The van der Waals surface area contributed by atoms with Crippen LogP contribution in [0.3, 0.4) is 0 Å². The van der Waals surface area contributed by atoms with Gasteiger partial charge in [0.05, 0.1) is 22.4 Å². The fraction of sp³-hybridized carbons (Fsp3) is 0.550. The van der Waals surface area contributed by atoms with Gasteiger partial charge in [0.1, 0.15) is 11.5 Å². The number of nitrogens with one attached hydrogen (secondary N) is 1. The Hall–Kier alpha value is -2.01. The zero-order valence-corrected chi connectivity index (χ0v) is 15.5. The van der Waals surface area contributed by atoms with Gasteiger partial charge < -0.3 is 20.1 Å². The molecule has 25 heavy (non-hydrogen) atoms. The molecular formula is C20H26N2O3. The first-order valence-electron chi connectivity index (χ1n) is 8.92. The van der Waals surface area contributed by atoms with E-state index in [2.05, 4.69) is 17.4 Å². The first-order valence-corrected chi connectivity index (χ1v) is 8.92. The summed E-state index contributed by atoms with van der Waals surface area (Å²) in [5.41, 5.74) is 2.58. The van der Waals surface area contributed by atoms with Gasteiger partial charge in [-0.25, -0.2) is 0 Å². The van der Waals surface area contributed by atoms with Crippen molar-refractivity contribution in [2.24, 2.45) is 0 Å². The molecule has 2 aromatic rings. The minimum absolute atomic E-state index is 0.198. The molecule has 2 heterocycles. The van der Waals surface area contributed by atoms with Gasteiger partial charge in [-0.3, -0.25) is 0 Å². The van der Waals surface area contributed by atoms with E-state index in [9.17, 15) is 10.2 Å². The zero-order chi connectivity index (χ0) is 18.2. The average molecular weight is 342 g/mol. The Morgan fingerprint density at radius 2 is 1.88 bits per heavy atom. The lowest BCUT2D eigenvalue weighted by Gasteiger charge is -2.55. The van der Waals surface area contributed by atoms with Crippen molar-refractivity contribution in [1.29, 1.82) is 0 Å². The van der Waals surface area contributed by atoms with Crippen LogP contribution < -0.4 is 5.32 Å². The highest BCUT2D eigenvalue weighted by Crippen LogP contribution is 2.59. The van der Waals surface area contributed by atoms with Gasteiger partial charge in [-0.1, -0.05) is 12.1 Å². The Labute approximate surface area is 148 Å². The molecule has 0 bridgehead atoms. The molecule has 0 amide bonds. The fourth-order valence-electron chi connectivity index (χ4n) is 5.20. The molecule has 1 aliphatic carbocycles. The number of benzene rings is 1. The van der Waals surface area contributed by atoms with Crippen LogP contribution in [-0.4, -0.2) is 26.5 Å². The number of aromatic nitrogens is 1. The van der Waals surface area contributed by atoms with E-state index < -0.39 is 11.1 Å². The SMILES string of the molecule is Cc1noc(C)c1-c1cc2c(cc1O)NC(C)(C)C1(O)CCCC21C. The van der Waals surface area contributed by atoms with E-state index >= 15 is 0 Å². The Kier molecular flexibility index (Phi) is 3.15. The predicted molar refractivity (Wildman–Crippen MR) is 96.9 cm³/mol. The summed E-state index contributed by atoms with van der Waals surface area (Å²) in [4.78, 5) is 0. The number of fused-ring (bicyclic) bond motifs is 3. The second-order valence-electron chi connectivity index (χ2n) is 8.41. The number of phenolic OH excluding ortho intramolecular Hbond substituents is 1. The van der Waals surface area contributed by atoms with Gasteiger partial charge in [-0.15, -0.1) is 0 Å². The van der Waals surface area contributed by atoms with Crippen molar-refractivity contribution in [3.8, 4) is 16.9 Å². The number of hydrogen-bond donors (Lipinski definition) is 3. The highest BCUT2D eigenvalue weighted by atomic mass is 16.5. The van der Waals surface area contributed by atoms with E-state index in [1.165, 1.54) is 0 Å². The summed E-state index contributed by atoms with van der Waals surface area (Å²) in [7, 11) is 0. The largest absolute Gasteiger partial charge is 0.507 e. The highest BCUT2D eigenvalue weighted by Gasteiger charge is 2.62. The maximum absolute atomic E-state index is 11.6. The van der Waals surface area contributed by atoms with E-state index in [-0.39, 0.29) is 11.2 Å². The van der Waals surface area contributed by atoms with Gasteiger partial charge in [-0.05, 0) is 58.6 Å². The summed E-state index contributed by atoms with van der Waals surface area (Å²) < 4.78 is 5.29. The maximum Gasteiger partial charge on any atom is 0.141 e. The number of aryl methyl sites for hydroxylation is 2. The van der Waals surface area contributed by atoms with Gasteiger partial charge in [0.25, 0.3) is 0 Å². The second kappa shape index (κ2) is 4.79. The van der Waals surface area contributed by atoms with Crippen LogP contribution in [0.1, 0.15) is 57.1 Å². The molecule has 1 aliphatic heterocycles. The fourth-order valence-corrected chi connectivity index (χ4v) is 5.20.